The number of carbonyl (C=O) groups excluding carboxylic acids is 1. The molecule has 25 heavy (non-hydrogen) atoms. The minimum atomic E-state index is -0.0461. The average molecular weight is 363 g/mol. The molecule has 2 atom stereocenters. The molecule has 2 aromatic rings. The van der Waals surface area contributed by atoms with Crippen LogP contribution in [0.15, 0.2) is 40.8 Å². The number of hydrogen-bond donors (Lipinski definition) is 2. The first-order chi connectivity index (χ1) is 12.1. The molecule has 0 radical (unpaired) electrons. The van der Waals surface area contributed by atoms with Gasteiger partial charge in [0.1, 0.15) is 11.5 Å². The fraction of sp³-hybridized carbons (Fsp3) is 0.421. The van der Waals surface area contributed by atoms with Crippen LogP contribution in [0.3, 0.4) is 0 Å². The maximum atomic E-state index is 12.0. The summed E-state index contributed by atoms with van der Waals surface area (Å²) in [4.78, 5) is 12.0. The van der Waals surface area contributed by atoms with E-state index >= 15 is 0 Å². The smallest absolute Gasteiger partial charge is 0.234 e. The molecule has 0 spiro atoms. The number of amides is 1. The summed E-state index contributed by atoms with van der Waals surface area (Å²) in [5, 5.41) is 6.82. The Balaban J connectivity index is 1.43. The second-order valence-corrected chi connectivity index (χ2v) is 6.78. The van der Waals surface area contributed by atoms with Gasteiger partial charge in [-0.15, -0.1) is 0 Å². The Bertz CT molecular complexity index is 693. The lowest BCUT2D eigenvalue weighted by atomic mass is 10.0. The van der Waals surface area contributed by atoms with Crippen LogP contribution in [0.25, 0.3) is 11.3 Å². The maximum absolute atomic E-state index is 12.0. The number of carbonyl (C=O) groups is 1. The van der Waals surface area contributed by atoms with Crippen molar-refractivity contribution in [1.29, 1.82) is 0 Å². The zero-order valence-electron chi connectivity index (χ0n) is 14.3. The van der Waals surface area contributed by atoms with Crippen LogP contribution in [0.5, 0.6) is 0 Å². The molecule has 0 unspecified atom stereocenters. The number of benzene rings is 1. The third kappa shape index (κ3) is 5.08. The second kappa shape index (κ2) is 8.52. The molecular weight excluding hydrogens is 340 g/mol. The van der Waals surface area contributed by atoms with Crippen LogP contribution in [-0.4, -0.2) is 31.7 Å². The molecule has 3 rings (SSSR count). The van der Waals surface area contributed by atoms with Gasteiger partial charge in [-0.3, -0.25) is 4.79 Å². The van der Waals surface area contributed by atoms with E-state index in [1.54, 1.807) is 0 Å². The third-order valence-electron chi connectivity index (χ3n) is 4.51. The Kier molecular flexibility index (Phi) is 6.13. The molecule has 1 aliphatic rings. The molecule has 2 heterocycles. The van der Waals surface area contributed by atoms with Gasteiger partial charge in [-0.1, -0.05) is 11.6 Å². The summed E-state index contributed by atoms with van der Waals surface area (Å²) in [5.74, 6) is 1.92. The van der Waals surface area contributed by atoms with E-state index in [1.807, 2.05) is 36.4 Å². The average Bonchev–Trinajstić information content (AvgIpc) is 3.30. The van der Waals surface area contributed by atoms with Crippen molar-refractivity contribution in [3.63, 3.8) is 0 Å². The Labute approximate surface area is 152 Å². The fourth-order valence-electron chi connectivity index (χ4n) is 2.86. The van der Waals surface area contributed by atoms with Crippen molar-refractivity contribution in [2.45, 2.75) is 25.9 Å². The Hall–Kier alpha value is -1.82. The number of hydrogen-bond acceptors (Lipinski definition) is 4. The molecule has 6 heteroatoms. The van der Waals surface area contributed by atoms with Gasteiger partial charge in [0.2, 0.25) is 5.91 Å². The van der Waals surface area contributed by atoms with Crippen molar-refractivity contribution >= 4 is 17.5 Å². The van der Waals surface area contributed by atoms with E-state index in [4.69, 9.17) is 20.8 Å². The summed E-state index contributed by atoms with van der Waals surface area (Å²) in [6.07, 6.45) is 1.05. The number of nitrogens with one attached hydrogen (secondary N) is 2. The van der Waals surface area contributed by atoms with Crippen molar-refractivity contribution in [3.8, 4) is 11.3 Å². The number of rotatable bonds is 7. The van der Waals surface area contributed by atoms with E-state index in [-0.39, 0.29) is 11.9 Å². The van der Waals surface area contributed by atoms with Crippen molar-refractivity contribution in [2.75, 3.05) is 19.8 Å². The molecule has 1 aromatic heterocycles. The van der Waals surface area contributed by atoms with Gasteiger partial charge in [-0.2, -0.15) is 0 Å². The first-order valence-corrected chi connectivity index (χ1v) is 8.92. The van der Waals surface area contributed by atoms with Gasteiger partial charge in [0.15, 0.2) is 0 Å². The summed E-state index contributed by atoms with van der Waals surface area (Å²) in [6.45, 7) is 4.35. The van der Waals surface area contributed by atoms with E-state index < -0.39 is 0 Å². The predicted molar refractivity (Wildman–Crippen MR) is 97.4 cm³/mol. The third-order valence-corrected chi connectivity index (χ3v) is 4.76. The van der Waals surface area contributed by atoms with Crippen molar-refractivity contribution in [1.82, 2.24) is 10.6 Å². The van der Waals surface area contributed by atoms with Gasteiger partial charge in [-0.25, -0.2) is 0 Å². The van der Waals surface area contributed by atoms with Gasteiger partial charge in [0.05, 0.1) is 19.7 Å². The minimum Gasteiger partial charge on any atom is -0.459 e. The van der Waals surface area contributed by atoms with E-state index in [1.165, 1.54) is 0 Å². The van der Waals surface area contributed by atoms with E-state index in [0.29, 0.717) is 24.0 Å². The summed E-state index contributed by atoms with van der Waals surface area (Å²) in [7, 11) is 0. The fourth-order valence-corrected chi connectivity index (χ4v) is 2.98. The van der Waals surface area contributed by atoms with Crippen LogP contribution < -0.4 is 10.6 Å². The summed E-state index contributed by atoms with van der Waals surface area (Å²) in [6, 6.07) is 11.5. The molecule has 1 aromatic carbocycles. The highest BCUT2D eigenvalue weighted by Gasteiger charge is 2.22. The van der Waals surface area contributed by atoms with Gasteiger partial charge >= 0.3 is 0 Å². The topological polar surface area (TPSA) is 63.5 Å². The Morgan fingerprint density at radius 1 is 1.28 bits per heavy atom. The highest BCUT2D eigenvalue weighted by Crippen LogP contribution is 2.23. The molecule has 134 valence electrons. The largest absolute Gasteiger partial charge is 0.459 e. The molecule has 5 nitrogen and oxygen atoms in total. The molecule has 1 fully saturated rings. The minimum absolute atomic E-state index is 0.0461. The highest BCUT2D eigenvalue weighted by atomic mass is 35.5. The second-order valence-electron chi connectivity index (χ2n) is 6.34. The standard InChI is InChI=1S/C19H23ClN2O3/c1-13(15-8-9-24-12-15)21-11-19(23)22-10-17-6-7-18(25-17)14-2-4-16(20)5-3-14/h2-7,13,15,21H,8-12H2,1H3,(H,22,23)/t13-,15-/m1/s1. The summed E-state index contributed by atoms with van der Waals surface area (Å²) < 4.78 is 11.1. The van der Waals surface area contributed by atoms with Crippen LogP contribution in [0.4, 0.5) is 0 Å². The molecule has 0 bridgehead atoms. The summed E-state index contributed by atoms with van der Waals surface area (Å²) in [5.41, 5.74) is 0.955. The van der Waals surface area contributed by atoms with Gasteiger partial charge < -0.3 is 19.8 Å². The first-order valence-electron chi connectivity index (χ1n) is 8.54. The van der Waals surface area contributed by atoms with Crippen LogP contribution in [0.2, 0.25) is 5.02 Å². The normalized spacial score (nSPS) is 18.2. The Morgan fingerprint density at radius 2 is 2.08 bits per heavy atom. The van der Waals surface area contributed by atoms with Crippen molar-refractivity contribution in [3.05, 3.63) is 47.2 Å². The number of halogens is 1. The van der Waals surface area contributed by atoms with Crippen LogP contribution in [0, 0.1) is 5.92 Å². The zero-order chi connectivity index (χ0) is 17.6. The van der Waals surface area contributed by atoms with Crippen LogP contribution in [-0.2, 0) is 16.1 Å². The first kappa shape index (κ1) is 18.0. The van der Waals surface area contributed by atoms with E-state index in [9.17, 15) is 4.79 Å². The van der Waals surface area contributed by atoms with Gasteiger partial charge in [0.25, 0.3) is 0 Å². The zero-order valence-corrected chi connectivity index (χ0v) is 15.0. The lowest BCUT2D eigenvalue weighted by molar-refractivity contribution is -0.120. The van der Waals surface area contributed by atoms with Gasteiger partial charge in [0, 0.05) is 23.2 Å². The molecular formula is C19H23ClN2O3. The van der Waals surface area contributed by atoms with Gasteiger partial charge in [-0.05, 0) is 55.7 Å². The molecule has 0 aliphatic carbocycles. The SMILES string of the molecule is C[C@@H](NCC(=O)NCc1ccc(-c2ccc(Cl)cc2)o1)[C@@H]1CCOC1. The molecule has 1 saturated heterocycles. The lowest BCUT2D eigenvalue weighted by Gasteiger charge is -2.18. The predicted octanol–water partition coefficient (Wildman–Crippen LogP) is 3.23. The van der Waals surface area contributed by atoms with Crippen molar-refractivity contribution < 1.29 is 13.9 Å². The molecule has 2 N–H and O–H groups in total. The lowest BCUT2D eigenvalue weighted by Crippen LogP contribution is -2.41. The summed E-state index contributed by atoms with van der Waals surface area (Å²) >= 11 is 5.89. The molecule has 1 aliphatic heterocycles. The van der Waals surface area contributed by atoms with Crippen molar-refractivity contribution in [2.24, 2.45) is 5.92 Å². The van der Waals surface area contributed by atoms with Crippen LogP contribution in [0.1, 0.15) is 19.1 Å². The Morgan fingerprint density at radius 3 is 2.80 bits per heavy atom. The maximum Gasteiger partial charge on any atom is 0.234 e. The van der Waals surface area contributed by atoms with E-state index in [0.717, 1.165) is 36.7 Å². The molecule has 0 saturated carbocycles. The van der Waals surface area contributed by atoms with E-state index in [2.05, 4.69) is 17.6 Å². The quantitative estimate of drug-likeness (QED) is 0.793. The molecule has 1 amide bonds. The number of furan rings is 1. The van der Waals surface area contributed by atoms with Crippen LogP contribution >= 0.6 is 11.6 Å². The number of ether oxygens (including phenoxy) is 1. The highest BCUT2D eigenvalue weighted by molar-refractivity contribution is 6.30. The monoisotopic (exact) mass is 362 g/mol.